The van der Waals surface area contributed by atoms with E-state index in [2.05, 4.69) is 23.6 Å². The smallest absolute Gasteiger partial charge is 0.280 e. The first-order valence-corrected chi connectivity index (χ1v) is 7.22. The van der Waals surface area contributed by atoms with Crippen LogP contribution < -0.4 is 4.90 Å². The van der Waals surface area contributed by atoms with E-state index in [0.717, 1.165) is 31.9 Å². The first kappa shape index (κ1) is 15.4. The molecule has 2 rings (SSSR count). The van der Waals surface area contributed by atoms with E-state index >= 15 is 0 Å². The van der Waals surface area contributed by atoms with Crippen LogP contribution in [-0.2, 0) is 0 Å². The van der Waals surface area contributed by atoms with E-state index in [0.29, 0.717) is 6.04 Å². The van der Waals surface area contributed by atoms with E-state index in [1.807, 2.05) is 0 Å². The van der Waals surface area contributed by atoms with Gasteiger partial charge in [0.05, 0.1) is 10.5 Å². The second kappa shape index (κ2) is 6.22. The van der Waals surface area contributed by atoms with Crippen molar-refractivity contribution in [3.05, 3.63) is 33.9 Å². The molecule has 1 aliphatic heterocycles. The lowest BCUT2D eigenvalue weighted by atomic mass is 10.1. The summed E-state index contributed by atoms with van der Waals surface area (Å²) in [5.41, 5.74) is 0.947. The van der Waals surface area contributed by atoms with Crippen LogP contribution in [0.1, 0.15) is 31.1 Å². The lowest BCUT2D eigenvalue weighted by molar-refractivity contribution is -0.385. The maximum absolute atomic E-state index is 11.6. The number of benzene rings is 1. The molecule has 21 heavy (non-hydrogen) atoms. The Hall–Kier alpha value is -1.95. The van der Waals surface area contributed by atoms with Gasteiger partial charge in [-0.25, -0.2) is 0 Å². The summed E-state index contributed by atoms with van der Waals surface area (Å²) in [7, 11) is 0. The van der Waals surface area contributed by atoms with Crippen molar-refractivity contribution in [2.24, 2.45) is 0 Å². The van der Waals surface area contributed by atoms with Gasteiger partial charge in [-0.05, 0) is 32.5 Å². The molecule has 1 aliphatic rings. The fourth-order valence-corrected chi connectivity index (χ4v) is 2.86. The van der Waals surface area contributed by atoms with Gasteiger partial charge < -0.3 is 4.90 Å². The summed E-state index contributed by atoms with van der Waals surface area (Å²) in [6.07, 6.45) is 0. The van der Waals surface area contributed by atoms with Gasteiger partial charge in [0, 0.05) is 37.4 Å². The number of carbonyl (C=O) groups is 1. The molecule has 1 atom stereocenters. The van der Waals surface area contributed by atoms with Crippen molar-refractivity contribution in [2.75, 3.05) is 31.1 Å². The number of nitrogens with zero attached hydrogens (tertiary/aromatic N) is 3. The molecule has 6 heteroatoms. The molecule has 1 fully saturated rings. The van der Waals surface area contributed by atoms with Crippen molar-refractivity contribution >= 4 is 17.2 Å². The Morgan fingerprint density at radius 1 is 1.43 bits per heavy atom. The Labute approximate surface area is 124 Å². The highest BCUT2D eigenvalue weighted by Crippen LogP contribution is 2.27. The number of hydrogen-bond donors (Lipinski definition) is 0. The molecule has 1 aromatic rings. The lowest BCUT2D eigenvalue weighted by Crippen LogP contribution is -2.51. The van der Waals surface area contributed by atoms with E-state index in [4.69, 9.17) is 0 Å². The average Bonchev–Trinajstić information content (AvgIpc) is 2.46. The molecule has 6 nitrogen and oxygen atoms in total. The summed E-state index contributed by atoms with van der Waals surface area (Å²) in [4.78, 5) is 26.7. The zero-order valence-electron chi connectivity index (χ0n) is 12.7. The lowest BCUT2D eigenvalue weighted by Gasteiger charge is -2.40. The second-order valence-corrected chi connectivity index (χ2v) is 5.44. The van der Waals surface area contributed by atoms with Crippen LogP contribution in [0.15, 0.2) is 18.2 Å². The summed E-state index contributed by atoms with van der Waals surface area (Å²) < 4.78 is 0. The Morgan fingerprint density at radius 3 is 2.67 bits per heavy atom. The molecule has 0 N–H and O–H groups in total. The van der Waals surface area contributed by atoms with Gasteiger partial charge in [-0.3, -0.25) is 19.8 Å². The number of rotatable bonds is 4. The van der Waals surface area contributed by atoms with Crippen molar-refractivity contribution in [2.45, 2.75) is 26.8 Å². The Balaban J connectivity index is 2.27. The van der Waals surface area contributed by atoms with Crippen LogP contribution >= 0.6 is 0 Å². The van der Waals surface area contributed by atoms with E-state index in [1.54, 1.807) is 12.1 Å². The number of nitro benzene ring substituents is 1. The van der Waals surface area contributed by atoms with E-state index < -0.39 is 4.92 Å². The normalized spacial score (nSPS) is 19.6. The molecule has 0 saturated carbocycles. The Bertz CT molecular complexity index is 559. The predicted molar refractivity (Wildman–Crippen MR) is 82.0 cm³/mol. The fourth-order valence-electron chi connectivity index (χ4n) is 2.86. The summed E-state index contributed by atoms with van der Waals surface area (Å²) in [5.74, 6) is -0.274. The number of piperazine rings is 1. The van der Waals surface area contributed by atoms with Crippen LogP contribution in [0.5, 0.6) is 0 Å². The maximum atomic E-state index is 11.6. The molecule has 0 bridgehead atoms. The molecule has 1 aromatic carbocycles. The number of carbonyl (C=O) groups excluding carboxylic acids is 1. The number of Topliss-reactive ketones (excluding diaryl/α,β-unsaturated/α-hetero) is 1. The van der Waals surface area contributed by atoms with E-state index in [9.17, 15) is 14.9 Å². The van der Waals surface area contributed by atoms with Crippen molar-refractivity contribution in [1.29, 1.82) is 0 Å². The van der Waals surface area contributed by atoms with Crippen molar-refractivity contribution in [1.82, 2.24) is 4.90 Å². The van der Waals surface area contributed by atoms with Crippen LogP contribution in [0, 0.1) is 10.1 Å². The van der Waals surface area contributed by atoms with Crippen molar-refractivity contribution in [3.8, 4) is 0 Å². The van der Waals surface area contributed by atoms with Crippen LogP contribution in [0.4, 0.5) is 11.4 Å². The zero-order valence-corrected chi connectivity index (χ0v) is 12.7. The number of nitro groups is 1. The minimum absolute atomic E-state index is 0.119. The molecule has 0 radical (unpaired) electrons. The summed E-state index contributed by atoms with van der Waals surface area (Å²) in [6, 6.07) is 5.25. The molecular formula is C15H21N3O3. The molecular weight excluding hydrogens is 270 g/mol. The van der Waals surface area contributed by atoms with Gasteiger partial charge in [0.2, 0.25) is 0 Å². The second-order valence-electron chi connectivity index (χ2n) is 5.44. The largest absolute Gasteiger partial charge is 0.369 e. The maximum Gasteiger partial charge on any atom is 0.280 e. The monoisotopic (exact) mass is 291 g/mol. The minimum Gasteiger partial charge on any atom is -0.369 e. The van der Waals surface area contributed by atoms with Gasteiger partial charge in [-0.15, -0.1) is 0 Å². The summed E-state index contributed by atoms with van der Waals surface area (Å²) in [5, 5.41) is 11.0. The molecule has 0 spiro atoms. The number of likely N-dealkylation sites (N-methyl/N-ethyl adjacent to an activating group) is 1. The van der Waals surface area contributed by atoms with Crippen LogP contribution in [-0.4, -0.2) is 47.8 Å². The number of ketones is 1. The summed E-state index contributed by atoms with van der Waals surface area (Å²) >= 11 is 0. The van der Waals surface area contributed by atoms with Crippen LogP contribution in [0.2, 0.25) is 0 Å². The standard InChI is InChI=1S/C15H21N3O3/c1-4-16-7-8-17(10-11(16)2)13-5-6-15(18(20)21)14(9-13)12(3)19/h5-6,9,11H,4,7-8,10H2,1-3H3. The van der Waals surface area contributed by atoms with E-state index in [-0.39, 0.29) is 17.0 Å². The number of hydrogen-bond acceptors (Lipinski definition) is 5. The fraction of sp³-hybridized carbons (Fsp3) is 0.533. The third kappa shape index (κ3) is 3.21. The van der Waals surface area contributed by atoms with Gasteiger partial charge in [-0.2, -0.15) is 0 Å². The topological polar surface area (TPSA) is 66.7 Å². The first-order chi connectivity index (χ1) is 9.93. The minimum atomic E-state index is -0.502. The van der Waals surface area contributed by atoms with Gasteiger partial charge in [0.15, 0.2) is 5.78 Å². The van der Waals surface area contributed by atoms with Crippen molar-refractivity contribution < 1.29 is 9.72 Å². The number of anilines is 1. The zero-order chi connectivity index (χ0) is 15.6. The summed E-state index contributed by atoms with van der Waals surface area (Å²) in [6.45, 7) is 9.40. The molecule has 0 aliphatic carbocycles. The highest BCUT2D eigenvalue weighted by Gasteiger charge is 2.25. The highest BCUT2D eigenvalue weighted by atomic mass is 16.6. The average molecular weight is 291 g/mol. The Morgan fingerprint density at radius 2 is 2.14 bits per heavy atom. The van der Waals surface area contributed by atoms with Crippen molar-refractivity contribution in [3.63, 3.8) is 0 Å². The van der Waals surface area contributed by atoms with Gasteiger partial charge in [0.1, 0.15) is 0 Å². The first-order valence-electron chi connectivity index (χ1n) is 7.22. The van der Waals surface area contributed by atoms with Gasteiger partial charge in [0.25, 0.3) is 5.69 Å². The molecule has 114 valence electrons. The quantitative estimate of drug-likeness (QED) is 0.484. The highest BCUT2D eigenvalue weighted by molar-refractivity contribution is 5.99. The van der Waals surface area contributed by atoms with Crippen LogP contribution in [0.25, 0.3) is 0 Å². The van der Waals surface area contributed by atoms with E-state index in [1.165, 1.54) is 13.0 Å². The molecule has 1 heterocycles. The SMILES string of the molecule is CCN1CCN(c2ccc([N+](=O)[O-])c(C(C)=O)c2)CC1C. The third-order valence-corrected chi connectivity index (χ3v) is 4.09. The third-order valence-electron chi connectivity index (χ3n) is 4.09. The van der Waals surface area contributed by atoms with Gasteiger partial charge in [-0.1, -0.05) is 6.92 Å². The molecule has 0 amide bonds. The molecule has 0 aromatic heterocycles. The van der Waals surface area contributed by atoms with Gasteiger partial charge >= 0.3 is 0 Å². The van der Waals surface area contributed by atoms with Crippen LogP contribution in [0.3, 0.4) is 0 Å². The molecule has 1 unspecified atom stereocenters. The Kier molecular flexibility index (Phi) is 4.57. The molecule has 1 saturated heterocycles. The predicted octanol–water partition coefficient (Wildman–Crippen LogP) is 2.33.